The highest BCUT2D eigenvalue weighted by molar-refractivity contribution is 7.89. The normalized spacial score (nSPS) is 19.3. The molecule has 1 atom stereocenters. The molecule has 0 saturated heterocycles. The van der Waals surface area contributed by atoms with E-state index in [0.29, 0.717) is 11.1 Å². The predicted octanol–water partition coefficient (Wildman–Crippen LogP) is 3.69. The number of nitrogens with one attached hydrogen (secondary N) is 1. The Morgan fingerprint density at radius 1 is 1.03 bits per heavy atom. The summed E-state index contributed by atoms with van der Waals surface area (Å²) in [5.41, 5.74) is 0.716. The van der Waals surface area contributed by atoms with Crippen molar-refractivity contribution in [2.45, 2.75) is 29.8 Å². The predicted molar refractivity (Wildman–Crippen MR) is 108 cm³/mol. The summed E-state index contributed by atoms with van der Waals surface area (Å²) in [6, 6.07) is 18.3. The van der Waals surface area contributed by atoms with E-state index in [1.807, 2.05) is 24.3 Å². The fourth-order valence-corrected chi connectivity index (χ4v) is 4.24. The van der Waals surface area contributed by atoms with E-state index in [1.165, 1.54) is 18.2 Å². The topological polar surface area (TPSA) is 88.0 Å². The minimum atomic E-state index is -4.99. The molecular weight excluding hydrogens is 433 g/mol. The molecule has 162 valence electrons. The average Bonchev–Trinajstić information content (AvgIpc) is 3.16. The summed E-state index contributed by atoms with van der Waals surface area (Å²) < 4.78 is 66.5. The molecule has 4 rings (SSSR count). The Bertz CT molecular complexity index is 1270. The van der Waals surface area contributed by atoms with E-state index in [2.05, 4.69) is 14.7 Å². The summed E-state index contributed by atoms with van der Waals surface area (Å²) in [7, 11) is -3.81. The number of nitrogens with zero attached hydrogens (tertiary/aromatic N) is 1. The summed E-state index contributed by atoms with van der Waals surface area (Å²) in [5.74, 6) is -3.37. The molecule has 1 heterocycles. The Morgan fingerprint density at radius 3 is 2.48 bits per heavy atom. The van der Waals surface area contributed by atoms with Gasteiger partial charge in [-0.25, -0.2) is 13.1 Å². The van der Waals surface area contributed by atoms with Crippen molar-refractivity contribution in [3.63, 3.8) is 0 Å². The summed E-state index contributed by atoms with van der Waals surface area (Å²) >= 11 is 0. The van der Waals surface area contributed by atoms with E-state index in [9.17, 15) is 26.7 Å². The molecule has 1 unspecified atom stereocenters. The molecule has 3 aromatic rings. The van der Waals surface area contributed by atoms with Gasteiger partial charge in [-0.15, -0.1) is 0 Å². The second-order valence-corrected chi connectivity index (χ2v) is 8.89. The molecule has 1 aliphatic heterocycles. The lowest BCUT2D eigenvalue weighted by Gasteiger charge is -2.22. The third-order valence-corrected chi connectivity index (χ3v) is 6.31. The van der Waals surface area contributed by atoms with Crippen LogP contribution < -0.4 is 4.72 Å². The van der Waals surface area contributed by atoms with Crippen molar-refractivity contribution in [1.82, 2.24) is 4.72 Å². The van der Waals surface area contributed by atoms with E-state index < -0.39 is 28.4 Å². The Labute approximate surface area is 176 Å². The van der Waals surface area contributed by atoms with Crippen molar-refractivity contribution in [3.8, 4) is 0 Å². The molecule has 31 heavy (non-hydrogen) atoms. The fourth-order valence-electron chi connectivity index (χ4n) is 3.19. The van der Waals surface area contributed by atoms with Gasteiger partial charge in [0.15, 0.2) is 0 Å². The fraction of sp³-hybridized carbons (Fsp3) is 0.190. The molecule has 6 nitrogen and oxygen atoms in total. The highest BCUT2D eigenvalue weighted by Gasteiger charge is 2.60. The quantitative estimate of drug-likeness (QED) is 0.621. The maximum atomic E-state index is 12.9. The number of aliphatic hydroxyl groups is 1. The summed E-state index contributed by atoms with van der Waals surface area (Å²) in [4.78, 5) is 4.33. The smallest absolute Gasteiger partial charge is 0.350 e. The Hall–Kier alpha value is -2.95. The second-order valence-electron chi connectivity index (χ2n) is 7.12. The van der Waals surface area contributed by atoms with Crippen molar-refractivity contribution in [3.05, 3.63) is 77.9 Å². The molecule has 0 bridgehead atoms. The van der Waals surface area contributed by atoms with Gasteiger partial charge in [-0.05, 0) is 40.1 Å². The van der Waals surface area contributed by atoms with Crippen molar-refractivity contribution < 1.29 is 31.5 Å². The van der Waals surface area contributed by atoms with Gasteiger partial charge in [0.1, 0.15) is 0 Å². The average molecular weight is 450 g/mol. The summed E-state index contributed by atoms with van der Waals surface area (Å²) in [6.45, 7) is -0.0827. The maximum Gasteiger partial charge on any atom is 0.458 e. The molecule has 0 saturated carbocycles. The van der Waals surface area contributed by atoms with Crippen LogP contribution in [0.5, 0.6) is 0 Å². The van der Waals surface area contributed by atoms with E-state index >= 15 is 0 Å². The lowest BCUT2D eigenvalue weighted by atomic mass is 10.0. The lowest BCUT2D eigenvalue weighted by molar-refractivity contribution is -0.355. The third-order valence-electron chi connectivity index (χ3n) is 4.91. The van der Waals surface area contributed by atoms with Gasteiger partial charge in [0, 0.05) is 6.54 Å². The monoisotopic (exact) mass is 450 g/mol. The number of rotatable bonds is 5. The van der Waals surface area contributed by atoms with Gasteiger partial charge in [0.2, 0.25) is 10.0 Å². The molecule has 1 aliphatic rings. The van der Waals surface area contributed by atoms with E-state index in [-0.39, 0.29) is 17.2 Å². The SMILES string of the molecule is O=S(=O)(NCc1cccc(C2=NOC(O)(C(F)(F)F)C2)c1)c1ccc2ccccc2c1. The number of hydrogen-bond acceptors (Lipinski definition) is 5. The standard InChI is InChI=1S/C21H17F3N2O4S/c22-21(23,24)20(27)12-19(26-30-20)17-7-3-4-14(10-17)13-25-31(28,29)18-9-8-15-5-1-2-6-16(15)11-18/h1-11,25,27H,12-13H2. The van der Waals surface area contributed by atoms with Crippen LogP contribution in [-0.2, 0) is 21.4 Å². The number of alkyl halides is 3. The van der Waals surface area contributed by atoms with Gasteiger partial charge in [0.05, 0.1) is 17.0 Å². The van der Waals surface area contributed by atoms with Crippen LogP contribution in [0.3, 0.4) is 0 Å². The zero-order valence-corrected chi connectivity index (χ0v) is 16.7. The lowest BCUT2D eigenvalue weighted by Crippen LogP contribution is -2.45. The maximum absolute atomic E-state index is 12.9. The first-order valence-corrected chi connectivity index (χ1v) is 10.7. The third kappa shape index (κ3) is 4.27. The minimum Gasteiger partial charge on any atom is -0.350 e. The molecule has 0 radical (unpaired) electrons. The number of oxime groups is 1. The summed E-state index contributed by atoms with van der Waals surface area (Å²) in [5, 5.41) is 14.6. The first-order valence-electron chi connectivity index (χ1n) is 9.19. The van der Waals surface area contributed by atoms with Crippen LogP contribution >= 0.6 is 0 Å². The highest BCUT2D eigenvalue weighted by atomic mass is 32.2. The first kappa shape index (κ1) is 21.3. The van der Waals surface area contributed by atoms with Gasteiger partial charge < -0.3 is 9.94 Å². The van der Waals surface area contributed by atoms with Crippen LogP contribution in [-0.4, -0.2) is 31.2 Å². The van der Waals surface area contributed by atoms with Crippen molar-refractivity contribution in [2.24, 2.45) is 5.16 Å². The van der Waals surface area contributed by atoms with Gasteiger partial charge in [0.25, 0.3) is 0 Å². The van der Waals surface area contributed by atoms with E-state index in [1.54, 1.807) is 24.3 Å². The molecule has 0 spiro atoms. The molecular formula is C21H17F3N2O4S. The first-order chi connectivity index (χ1) is 14.6. The van der Waals surface area contributed by atoms with Gasteiger partial charge in [-0.3, -0.25) is 0 Å². The van der Waals surface area contributed by atoms with Gasteiger partial charge in [-0.2, -0.15) is 13.2 Å². The Kier molecular flexibility index (Phi) is 5.24. The highest BCUT2D eigenvalue weighted by Crippen LogP contribution is 2.39. The number of fused-ring (bicyclic) bond motifs is 1. The number of benzene rings is 3. The molecule has 0 amide bonds. The largest absolute Gasteiger partial charge is 0.458 e. The van der Waals surface area contributed by atoms with E-state index in [0.717, 1.165) is 10.8 Å². The molecule has 3 aromatic carbocycles. The van der Waals surface area contributed by atoms with Crippen molar-refractivity contribution >= 4 is 26.5 Å². The molecule has 10 heteroatoms. The van der Waals surface area contributed by atoms with Crippen LogP contribution in [0.15, 0.2) is 76.8 Å². The Balaban J connectivity index is 1.49. The molecule has 2 N–H and O–H groups in total. The van der Waals surface area contributed by atoms with Crippen molar-refractivity contribution in [1.29, 1.82) is 0 Å². The number of hydrogen-bond donors (Lipinski definition) is 2. The van der Waals surface area contributed by atoms with E-state index in [4.69, 9.17) is 0 Å². The minimum absolute atomic E-state index is 0.0827. The van der Waals surface area contributed by atoms with Crippen LogP contribution in [0.4, 0.5) is 13.2 Å². The van der Waals surface area contributed by atoms with Gasteiger partial charge in [-0.1, -0.05) is 53.7 Å². The second kappa shape index (κ2) is 7.63. The molecule has 0 aliphatic carbocycles. The van der Waals surface area contributed by atoms with Gasteiger partial charge >= 0.3 is 12.0 Å². The van der Waals surface area contributed by atoms with Crippen LogP contribution in [0.2, 0.25) is 0 Å². The number of sulfonamides is 1. The molecule has 0 fully saturated rings. The van der Waals surface area contributed by atoms with Crippen molar-refractivity contribution in [2.75, 3.05) is 0 Å². The zero-order valence-electron chi connectivity index (χ0n) is 15.9. The Morgan fingerprint density at radius 2 is 1.77 bits per heavy atom. The zero-order chi connectivity index (χ0) is 22.3. The molecule has 0 aromatic heterocycles. The summed E-state index contributed by atoms with van der Waals surface area (Å²) in [6.07, 6.45) is -5.85. The van der Waals surface area contributed by atoms with Crippen LogP contribution in [0.1, 0.15) is 17.5 Å². The van der Waals surface area contributed by atoms with Crippen LogP contribution in [0, 0.1) is 0 Å². The number of halogens is 3. The van der Waals surface area contributed by atoms with Crippen LogP contribution in [0.25, 0.3) is 10.8 Å².